The molecule has 0 saturated carbocycles. The van der Waals surface area contributed by atoms with Crippen molar-refractivity contribution in [3.05, 3.63) is 23.8 Å². The Bertz CT molecular complexity index is 475. The van der Waals surface area contributed by atoms with Crippen molar-refractivity contribution in [2.24, 2.45) is 5.92 Å². The van der Waals surface area contributed by atoms with Crippen molar-refractivity contribution in [3.8, 4) is 0 Å². The molecule has 1 saturated heterocycles. The van der Waals surface area contributed by atoms with Crippen molar-refractivity contribution in [1.82, 2.24) is 5.32 Å². The highest BCUT2D eigenvalue weighted by Gasteiger charge is 2.30. The predicted octanol–water partition coefficient (Wildman–Crippen LogP) is 2.00. The molecule has 3 rings (SSSR count). The summed E-state index contributed by atoms with van der Waals surface area (Å²) in [4.78, 5) is 14.5. The molecular weight excluding hydrogens is 297 g/mol. The summed E-state index contributed by atoms with van der Waals surface area (Å²) in [7, 11) is 0. The third-order valence-corrected chi connectivity index (χ3v) is 3.96. The lowest BCUT2D eigenvalue weighted by atomic mass is 9.97. The third-order valence-electron chi connectivity index (χ3n) is 3.96. The minimum atomic E-state index is 0. The van der Waals surface area contributed by atoms with Crippen molar-refractivity contribution in [3.63, 3.8) is 0 Å². The van der Waals surface area contributed by atoms with Crippen LogP contribution < -0.4 is 16.0 Å². The van der Waals surface area contributed by atoms with Crippen LogP contribution in [-0.4, -0.2) is 25.5 Å². The van der Waals surface area contributed by atoms with Crippen molar-refractivity contribution >= 4 is 42.1 Å². The molecule has 0 aromatic heterocycles. The maximum absolute atomic E-state index is 12.5. The number of rotatable bonds is 1. The first-order valence-electron chi connectivity index (χ1n) is 6.67. The Morgan fingerprint density at radius 1 is 1.35 bits per heavy atom. The molecule has 0 aliphatic carbocycles. The van der Waals surface area contributed by atoms with E-state index in [1.807, 2.05) is 23.1 Å². The molecule has 20 heavy (non-hydrogen) atoms. The summed E-state index contributed by atoms with van der Waals surface area (Å²) in [5.41, 5.74) is 8.99. The standard InChI is InChI=1S/C14H19N3O.2ClH/c15-12-4-1-5-13-11(12)3-2-8-17(13)14(18)10-6-7-16-9-10;;/h1,4-5,10,16H,2-3,6-9,15H2;2*1H. The second kappa shape index (κ2) is 7.16. The van der Waals surface area contributed by atoms with E-state index in [1.54, 1.807) is 0 Å². The molecule has 1 fully saturated rings. The van der Waals surface area contributed by atoms with Crippen LogP contribution in [-0.2, 0) is 11.2 Å². The van der Waals surface area contributed by atoms with Crippen LogP contribution in [0.25, 0.3) is 0 Å². The highest BCUT2D eigenvalue weighted by molar-refractivity contribution is 5.97. The first-order chi connectivity index (χ1) is 8.77. The number of nitrogen functional groups attached to an aromatic ring is 1. The number of amides is 1. The van der Waals surface area contributed by atoms with E-state index in [1.165, 1.54) is 0 Å². The Kier molecular flexibility index (Phi) is 6.11. The summed E-state index contributed by atoms with van der Waals surface area (Å²) in [6, 6.07) is 5.88. The molecule has 0 radical (unpaired) electrons. The van der Waals surface area contributed by atoms with Crippen LogP contribution in [0.4, 0.5) is 11.4 Å². The number of nitrogens with one attached hydrogen (secondary N) is 1. The van der Waals surface area contributed by atoms with Gasteiger partial charge in [-0.15, -0.1) is 24.8 Å². The average molecular weight is 318 g/mol. The zero-order chi connectivity index (χ0) is 12.5. The molecule has 2 aliphatic heterocycles. The number of halogens is 2. The number of carbonyl (C=O) groups excluding carboxylic acids is 1. The summed E-state index contributed by atoms with van der Waals surface area (Å²) < 4.78 is 0. The van der Waals surface area contributed by atoms with Crippen LogP contribution in [0.15, 0.2) is 18.2 Å². The van der Waals surface area contributed by atoms with Crippen molar-refractivity contribution in [2.75, 3.05) is 30.3 Å². The summed E-state index contributed by atoms with van der Waals surface area (Å²) in [5, 5.41) is 3.26. The maximum atomic E-state index is 12.5. The summed E-state index contributed by atoms with van der Waals surface area (Å²) >= 11 is 0. The third kappa shape index (κ3) is 3.03. The van der Waals surface area contributed by atoms with E-state index in [2.05, 4.69) is 5.32 Å². The van der Waals surface area contributed by atoms with E-state index in [0.29, 0.717) is 0 Å². The van der Waals surface area contributed by atoms with Crippen LogP contribution in [0.1, 0.15) is 18.4 Å². The van der Waals surface area contributed by atoms with E-state index in [0.717, 1.165) is 55.8 Å². The molecule has 1 amide bonds. The maximum Gasteiger partial charge on any atom is 0.231 e. The number of nitrogens with zero attached hydrogens (tertiary/aromatic N) is 1. The average Bonchev–Trinajstić information content (AvgIpc) is 2.92. The second-order valence-corrected chi connectivity index (χ2v) is 5.13. The fourth-order valence-electron chi connectivity index (χ4n) is 2.97. The number of benzene rings is 1. The fraction of sp³-hybridized carbons (Fsp3) is 0.500. The van der Waals surface area contributed by atoms with Crippen LogP contribution in [0.3, 0.4) is 0 Å². The van der Waals surface area contributed by atoms with Crippen molar-refractivity contribution in [2.45, 2.75) is 19.3 Å². The van der Waals surface area contributed by atoms with Gasteiger partial charge in [-0.05, 0) is 43.5 Å². The molecule has 2 heterocycles. The minimum Gasteiger partial charge on any atom is -0.398 e. The highest BCUT2D eigenvalue weighted by Crippen LogP contribution is 2.32. The topological polar surface area (TPSA) is 58.4 Å². The molecule has 1 aromatic rings. The van der Waals surface area contributed by atoms with Crippen molar-refractivity contribution in [1.29, 1.82) is 0 Å². The molecule has 3 N–H and O–H groups in total. The number of carbonyl (C=O) groups is 1. The van der Waals surface area contributed by atoms with E-state index in [-0.39, 0.29) is 36.6 Å². The molecule has 1 atom stereocenters. The Morgan fingerprint density at radius 3 is 2.85 bits per heavy atom. The molecule has 4 nitrogen and oxygen atoms in total. The number of nitrogens with two attached hydrogens (primary N) is 1. The van der Waals surface area contributed by atoms with Gasteiger partial charge in [-0.25, -0.2) is 0 Å². The van der Waals surface area contributed by atoms with Crippen molar-refractivity contribution < 1.29 is 4.79 Å². The van der Waals surface area contributed by atoms with Gasteiger partial charge in [0.15, 0.2) is 0 Å². The second-order valence-electron chi connectivity index (χ2n) is 5.13. The first kappa shape index (κ1) is 17.1. The molecule has 2 aliphatic rings. The summed E-state index contributed by atoms with van der Waals surface area (Å²) in [6.45, 7) is 2.59. The smallest absolute Gasteiger partial charge is 0.231 e. The van der Waals surface area contributed by atoms with E-state index in [9.17, 15) is 4.79 Å². The lowest BCUT2D eigenvalue weighted by Gasteiger charge is -2.32. The van der Waals surface area contributed by atoms with Gasteiger partial charge in [-0.1, -0.05) is 6.07 Å². The van der Waals surface area contributed by atoms with Gasteiger partial charge in [0.1, 0.15) is 0 Å². The monoisotopic (exact) mass is 317 g/mol. The zero-order valence-corrected chi connectivity index (χ0v) is 12.9. The SMILES string of the molecule is Cl.Cl.Nc1cccc2c1CCCN2C(=O)C1CCNC1. The molecule has 112 valence electrons. The molecule has 1 aromatic carbocycles. The number of fused-ring (bicyclic) bond motifs is 1. The predicted molar refractivity (Wildman–Crippen MR) is 87.0 cm³/mol. The first-order valence-corrected chi connectivity index (χ1v) is 6.67. The normalized spacial score (nSPS) is 20.6. The Morgan fingerprint density at radius 2 is 2.15 bits per heavy atom. The van der Waals surface area contributed by atoms with Crippen LogP contribution in [0.5, 0.6) is 0 Å². The number of hydrogen-bond acceptors (Lipinski definition) is 3. The molecule has 0 bridgehead atoms. The molecular formula is C14H21Cl2N3O. The largest absolute Gasteiger partial charge is 0.398 e. The quantitative estimate of drug-likeness (QED) is 0.779. The van der Waals surface area contributed by atoms with Crippen LogP contribution >= 0.6 is 24.8 Å². The van der Waals surface area contributed by atoms with Gasteiger partial charge in [-0.2, -0.15) is 0 Å². The van der Waals surface area contributed by atoms with Crippen LogP contribution in [0.2, 0.25) is 0 Å². The number of anilines is 2. The van der Waals surface area contributed by atoms with E-state index >= 15 is 0 Å². The molecule has 1 unspecified atom stereocenters. The Labute approximate surface area is 131 Å². The fourth-order valence-corrected chi connectivity index (χ4v) is 2.97. The Balaban J connectivity index is 0.000001000. The Hall–Kier alpha value is -0.970. The molecule has 0 spiro atoms. The van der Waals surface area contributed by atoms with Gasteiger partial charge < -0.3 is 16.0 Å². The molecule has 6 heteroatoms. The van der Waals surface area contributed by atoms with Crippen LogP contribution in [0, 0.1) is 5.92 Å². The van der Waals surface area contributed by atoms with Gasteiger partial charge in [0, 0.05) is 24.5 Å². The van der Waals surface area contributed by atoms with Gasteiger partial charge in [-0.3, -0.25) is 4.79 Å². The summed E-state index contributed by atoms with van der Waals surface area (Å²) in [6.07, 6.45) is 2.94. The lowest BCUT2D eigenvalue weighted by Crippen LogP contribution is -2.40. The van der Waals surface area contributed by atoms with E-state index < -0.39 is 0 Å². The van der Waals surface area contributed by atoms with Gasteiger partial charge in [0.2, 0.25) is 5.91 Å². The zero-order valence-electron chi connectivity index (χ0n) is 11.3. The van der Waals surface area contributed by atoms with Gasteiger partial charge in [0.25, 0.3) is 0 Å². The highest BCUT2D eigenvalue weighted by atomic mass is 35.5. The van der Waals surface area contributed by atoms with Gasteiger partial charge >= 0.3 is 0 Å². The summed E-state index contributed by atoms with van der Waals surface area (Å²) in [5.74, 6) is 0.393. The minimum absolute atomic E-state index is 0. The lowest BCUT2D eigenvalue weighted by molar-refractivity contribution is -0.121. The van der Waals surface area contributed by atoms with E-state index in [4.69, 9.17) is 5.73 Å². The van der Waals surface area contributed by atoms with Gasteiger partial charge in [0.05, 0.1) is 5.92 Å². The number of hydrogen-bond donors (Lipinski definition) is 2.